The molecular weight excluding hydrogens is 265 g/mol. The molecule has 1 aliphatic rings. The average Bonchev–Trinajstić information content (AvgIpc) is 3.06. The Morgan fingerprint density at radius 3 is 2.70 bits per heavy atom. The highest BCUT2D eigenvalue weighted by atomic mass is 19.4. The number of rotatable bonds is 3. The Bertz CT molecular complexity index is 628. The first-order chi connectivity index (χ1) is 9.35. The Balaban J connectivity index is 1.92. The summed E-state index contributed by atoms with van der Waals surface area (Å²) in [7, 11) is 0. The van der Waals surface area contributed by atoms with Gasteiger partial charge in [-0.25, -0.2) is 4.98 Å². The lowest BCUT2D eigenvalue weighted by Gasteiger charge is -2.08. The predicted octanol–water partition coefficient (Wildman–Crippen LogP) is 4.20. The van der Waals surface area contributed by atoms with Crippen molar-refractivity contribution < 1.29 is 13.2 Å². The molecule has 0 saturated heterocycles. The second-order valence-corrected chi connectivity index (χ2v) is 5.97. The van der Waals surface area contributed by atoms with E-state index in [0.29, 0.717) is 17.8 Å². The SMILES string of the molecule is CC(C)[C@H]1C[C@@H]1c1ccc2cnc(CC(F)(F)F)n2c1. The number of hydrogen-bond acceptors (Lipinski definition) is 1. The average molecular weight is 282 g/mol. The molecule has 2 nitrogen and oxygen atoms in total. The van der Waals surface area contributed by atoms with Gasteiger partial charge in [0.25, 0.3) is 0 Å². The number of fused-ring (bicyclic) bond motifs is 1. The summed E-state index contributed by atoms with van der Waals surface area (Å²) in [5, 5.41) is 0. The Morgan fingerprint density at radius 1 is 1.35 bits per heavy atom. The predicted molar refractivity (Wildman–Crippen MR) is 70.6 cm³/mol. The fourth-order valence-electron chi connectivity index (χ4n) is 2.92. The molecule has 0 N–H and O–H groups in total. The number of pyridine rings is 1. The minimum atomic E-state index is -4.22. The van der Waals surface area contributed by atoms with E-state index in [1.54, 1.807) is 4.40 Å². The van der Waals surface area contributed by atoms with Gasteiger partial charge in [0, 0.05) is 6.20 Å². The summed E-state index contributed by atoms with van der Waals surface area (Å²) in [5.74, 6) is 1.83. The molecule has 2 atom stereocenters. The van der Waals surface area contributed by atoms with Crippen molar-refractivity contribution in [3.8, 4) is 0 Å². The van der Waals surface area contributed by atoms with Gasteiger partial charge in [-0.05, 0) is 35.8 Å². The molecule has 2 aromatic heterocycles. The Morgan fingerprint density at radius 2 is 2.10 bits per heavy atom. The second kappa shape index (κ2) is 4.50. The van der Waals surface area contributed by atoms with Crippen molar-refractivity contribution >= 4 is 5.52 Å². The van der Waals surface area contributed by atoms with E-state index in [2.05, 4.69) is 18.8 Å². The van der Waals surface area contributed by atoms with Gasteiger partial charge in [-0.1, -0.05) is 19.9 Å². The summed E-state index contributed by atoms with van der Waals surface area (Å²) in [6.07, 6.45) is -0.749. The minimum Gasteiger partial charge on any atom is -0.303 e. The topological polar surface area (TPSA) is 17.3 Å². The van der Waals surface area contributed by atoms with E-state index in [-0.39, 0.29) is 5.82 Å². The Labute approximate surface area is 115 Å². The number of imidazole rings is 1. The Hall–Kier alpha value is -1.52. The molecule has 0 radical (unpaired) electrons. The lowest BCUT2D eigenvalue weighted by Crippen LogP contribution is -2.14. The molecular formula is C15H17F3N2. The smallest absolute Gasteiger partial charge is 0.303 e. The molecule has 5 heteroatoms. The molecule has 2 heterocycles. The van der Waals surface area contributed by atoms with Gasteiger partial charge in [0.05, 0.1) is 11.7 Å². The van der Waals surface area contributed by atoms with E-state index in [9.17, 15) is 13.2 Å². The van der Waals surface area contributed by atoms with Gasteiger partial charge in [0.15, 0.2) is 0 Å². The maximum Gasteiger partial charge on any atom is 0.396 e. The monoisotopic (exact) mass is 282 g/mol. The van der Waals surface area contributed by atoms with Crippen LogP contribution in [0.4, 0.5) is 13.2 Å². The van der Waals surface area contributed by atoms with E-state index in [1.807, 2.05) is 18.3 Å². The molecule has 1 fully saturated rings. The molecule has 20 heavy (non-hydrogen) atoms. The van der Waals surface area contributed by atoms with Crippen molar-refractivity contribution in [2.45, 2.75) is 38.8 Å². The van der Waals surface area contributed by atoms with Crippen LogP contribution in [-0.4, -0.2) is 15.6 Å². The summed E-state index contributed by atoms with van der Waals surface area (Å²) in [4.78, 5) is 3.90. The van der Waals surface area contributed by atoms with Crippen LogP contribution < -0.4 is 0 Å². The first-order valence-electron chi connectivity index (χ1n) is 6.88. The third-order valence-corrected chi connectivity index (χ3v) is 4.11. The van der Waals surface area contributed by atoms with Crippen LogP contribution in [0.15, 0.2) is 24.5 Å². The third-order valence-electron chi connectivity index (χ3n) is 4.11. The van der Waals surface area contributed by atoms with E-state index in [1.165, 1.54) is 6.20 Å². The molecule has 1 saturated carbocycles. The van der Waals surface area contributed by atoms with Gasteiger partial charge in [-0.3, -0.25) is 0 Å². The van der Waals surface area contributed by atoms with E-state index in [0.717, 1.165) is 17.5 Å². The van der Waals surface area contributed by atoms with Crippen LogP contribution in [0.1, 0.15) is 37.6 Å². The van der Waals surface area contributed by atoms with Crippen LogP contribution in [-0.2, 0) is 6.42 Å². The highest BCUT2D eigenvalue weighted by Gasteiger charge is 2.40. The standard InChI is InChI=1S/C15H17F3N2/c1-9(2)12-5-13(12)10-3-4-11-7-19-14(20(11)8-10)6-15(16,17)18/h3-4,7-9,12-13H,5-6H2,1-2H3/t12-,13-/m1/s1. The van der Waals surface area contributed by atoms with Crippen molar-refractivity contribution in [1.29, 1.82) is 0 Å². The lowest BCUT2D eigenvalue weighted by atomic mass is 10.0. The molecule has 0 spiro atoms. The van der Waals surface area contributed by atoms with Gasteiger partial charge in [0.1, 0.15) is 12.2 Å². The van der Waals surface area contributed by atoms with Gasteiger partial charge < -0.3 is 4.40 Å². The summed E-state index contributed by atoms with van der Waals surface area (Å²) >= 11 is 0. The Kier molecular flexibility index (Phi) is 3.03. The fourth-order valence-corrected chi connectivity index (χ4v) is 2.92. The normalized spacial score (nSPS) is 22.7. The van der Waals surface area contributed by atoms with E-state index >= 15 is 0 Å². The number of halogens is 3. The summed E-state index contributed by atoms with van der Waals surface area (Å²) in [6, 6.07) is 3.87. The van der Waals surface area contributed by atoms with Crippen molar-refractivity contribution in [2.24, 2.45) is 11.8 Å². The molecule has 0 aromatic carbocycles. The van der Waals surface area contributed by atoms with Crippen LogP contribution in [0.3, 0.4) is 0 Å². The highest BCUT2D eigenvalue weighted by molar-refractivity contribution is 5.48. The quantitative estimate of drug-likeness (QED) is 0.824. The zero-order valence-corrected chi connectivity index (χ0v) is 11.5. The van der Waals surface area contributed by atoms with Gasteiger partial charge >= 0.3 is 6.18 Å². The number of alkyl halides is 3. The maximum atomic E-state index is 12.5. The van der Waals surface area contributed by atoms with Gasteiger partial charge in [-0.15, -0.1) is 0 Å². The molecule has 0 unspecified atom stereocenters. The zero-order chi connectivity index (χ0) is 14.5. The fraction of sp³-hybridized carbons (Fsp3) is 0.533. The first kappa shape index (κ1) is 13.5. The molecule has 0 aliphatic heterocycles. The first-order valence-corrected chi connectivity index (χ1v) is 6.88. The third kappa shape index (κ3) is 2.53. The number of aromatic nitrogens is 2. The van der Waals surface area contributed by atoms with Crippen LogP contribution in [0, 0.1) is 11.8 Å². The molecule has 0 bridgehead atoms. The van der Waals surface area contributed by atoms with Crippen molar-refractivity contribution in [3.63, 3.8) is 0 Å². The summed E-state index contributed by atoms with van der Waals surface area (Å²) in [5.41, 5.74) is 1.84. The van der Waals surface area contributed by atoms with Crippen LogP contribution in [0.2, 0.25) is 0 Å². The highest BCUT2D eigenvalue weighted by Crippen LogP contribution is 2.51. The van der Waals surface area contributed by atoms with Crippen LogP contribution >= 0.6 is 0 Å². The van der Waals surface area contributed by atoms with E-state index in [4.69, 9.17) is 0 Å². The van der Waals surface area contributed by atoms with Crippen molar-refractivity contribution in [2.75, 3.05) is 0 Å². The van der Waals surface area contributed by atoms with Crippen molar-refractivity contribution in [3.05, 3.63) is 35.9 Å². The molecule has 1 aliphatic carbocycles. The van der Waals surface area contributed by atoms with Crippen LogP contribution in [0.25, 0.3) is 5.52 Å². The van der Waals surface area contributed by atoms with Crippen LogP contribution in [0.5, 0.6) is 0 Å². The second-order valence-electron chi connectivity index (χ2n) is 5.97. The summed E-state index contributed by atoms with van der Waals surface area (Å²) < 4.78 is 39.2. The molecule has 108 valence electrons. The summed E-state index contributed by atoms with van der Waals surface area (Å²) in [6.45, 7) is 4.38. The van der Waals surface area contributed by atoms with Crippen molar-refractivity contribution in [1.82, 2.24) is 9.38 Å². The minimum absolute atomic E-state index is 0.0658. The largest absolute Gasteiger partial charge is 0.396 e. The number of hydrogen-bond donors (Lipinski definition) is 0. The zero-order valence-electron chi connectivity index (χ0n) is 11.5. The van der Waals surface area contributed by atoms with Gasteiger partial charge in [-0.2, -0.15) is 13.2 Å². The molecule has 2 aromatic rings. The van der Waals surface area contributed by atoms with Gasteiger partial charge in [0.2, 0.25) is 0 Å². The maximum absolute atomic E-state index is 12.5. The molecule has 3 rings (SSSR count). The lowest BCUT2D eigenvalue weighted by molar-refractivity contribution is -0.128. The van der Waals surface area contributed by atoms with E-state index < -0.39 is 12.6 Å². The number of nitrogens with zero attached hydrogens (tertiary/aromatic N) is 2. The molecule has 0 amide bonds.